The summed E-state index contributed by atoms with van der Waals surface area (Å²) in [6.07, 6.45) is 70.7. The summed E-state index contributed by atoms with van der Waals surface area (Å²) in [4.78, 5) is 24.4. The summed E-state index contributed by atoms with van der Waals surface area (Å²) in [6, 6.07) is 0. The molecule has 0 aliphatic carbocycles. The Balaban J connectivity index is 3.53. The van der Waals surface area contributed by atoms with Gasteiger partial charge in [-0.15, -0.1) is 0 Å². The zero-order chi connectivity index (χ0) is 43.5. The molecule has 0 heterocycles. The number of unbranched alkanes of at least 4 members (excludes halogenated alkanes) is 20. The molecule has 5 heteroatoms. The van der Waals surface area contributed by atoms with E-state index in [-0.39, 0.29) is 25.2 Å². The molecule has 0 aromatic carbocycles. The Hall–Kier alpha value is -3.18. The highest BCUT2D eigenvalue weighted by Crippen LogP contribution is 2.15. The first-order chi connectivity index (χ1) is 29.6. The van der Waals surface area contributed by atoms with E-state index >= 15 is 0 Å². The van der Waals surface area contributed by atoms with E-state index in [1.165, 1.54) is 96.3 Å². The van der Waals surface area contributed by atoms with E-state index in [0.29, 0.717) is 12.8 Å². The Labute approximate surface area is 370 Å². The molecule has 0 amide bonds. The zero-order valence-corrected chi connectivity index (χ0v) is 38.9. The number of aliphatic hydroxyl groups is 1. The maximum atomic E-state index is 12.3. The summed E-state index contributed by atoms with van der Waals surface area (Å²) in [7, 11) is 0. The molecule has 0 aliphatic heterocycles. The highest BCUT2D eigenvalue weighted by molar-refractivity contribution is 5.70. The van der Waals surface area contributed by atoms with Crippen molar-refractivity contribution in [2.24, 2.45) is 0 Å². The molecule has 342 valence electrons. The maximum absolute atomic E-state index is 12.3. The number of carbonyl (C=O) groups excluding carboxylic acids is 2. The lowest BCUT2D eigenvalue weighted by Crippen LogP contribution is -2.28. The van der Waals surface area contributed by atoms with E-state index in [0.717, 1.165) is 96.3 Å². The third kappa shape index (κ3) is 47.5. The molecule has 60 heavy (non-hydrogen) atoms. The van der Waals surface area contributed by atoms with Crippen molar-refractivity contribution in [2.75, 3.05) is 13.2 Å². The van der Waals surface area contributed by atoms with Crippen LogP contribution in [0.25, 0.3) is 0 Å². The summed E-state index contributed by atoms with van der Waals surface area (Å²) in [5.74, 6) is -0.606. The van der Waals surface area contributed by atoms with Gasteiger partial charge in [0.15, 0.2) is 6.10 Å². The minimum Gasteiger partial charge on any atom is -0.462 e. The van der Waals surface area contributed by atoms with E-state index in [9.17, 15) is 14.7 Å². The first-order valence-corrected chi connectivity index (χ1v) is 24.8. The second-order valence-corrected chi connectivity index (χ2v) is 16.1. The van der Waals surface area contributed by atoms with Crippen molar-refractivity contribution in [2.45, 2.75) is 225 Å². The fourth-order valence-electron chi connectivity index (χ4n) is 6.71. The number of esters is 2. The highest BCUT2D eigenvalue weighted by atomic mass is 16.6. The molecule has 0 aromatic heterocycles. The van der Waals surface area contributed by atoms with Gasteiger partial charge in [0.1, 0.15) is 6.61 Å². The maximum Gasteiger partial charge on any atom is 0.306 e. The number of hydrogen-bond donors (Lipinski definition) is 1. The molecule has 1 N–H and O–H groups in total. The number of ether oxygens (including phenoxy) is 2. The minimum atomic E-state index is -0.782. The van der Waals surface area contributed by atoms with Crippen molar-refractivity contribution in [1.82, 2.24) is 0 Å². The summed E-state index contributed by atoms with van der Waals surface area (Å²) in [5, 5.41) is 9.62. The van der Waals surface area contributed by atoms with Crippen molar-refractivity contribution >= 4 is 11.9 Å². The van der Waals surface area contributed by atoms with Gasteiger partial charge in [-0.3, -0.25) is 9.59 Å². The Morgan fingerprint density at radius 1 is 0.383 bits per heavy atom. The topological polar surface area (TPSA) is 72.8 Å². The summed E-state index contributed by atoms with van der Waals surface area (Å²) < 4.78 is 10.7. The standard InChI is InChI=1S/C55H92O5/c1-3-5-7-9-11-13-15-17-19-21-22-23-24-25-26-27-28-29-30-31-32-34-36-38-40-42-44-46-48-50-55(58)60-53(51-56)52-59-54(57)49-47-45-43-41-39-37-35-33-20-18-16-14-12-10-8-6-4-2/h5-8,11-14,17-20,22-23,25-26,53,56H,3-4,9-10,15-16,21,24,27-52H2,1-2H3/b7-5-,8-6-,13-11-,14-12-,19-17-,20-18-,23-22-,26-25-. The highest BCUT2D eigenvalue weighted by Gasteiger charge is 2.16. The number of carbonyl (C=O) groups is 2. The Kier molecular flexibility index (Phi) is 47.5. The molecule has 0 aromatic rings. The SMILES string of the molecule is CC/C=C\C/C=C\C/C=C\C/C=C\C/C=C\CCCCCCCCCCCCCCCC(=O)OC(CO)COC(=O)CCCCCCCCC/C=C\C/C=C\C/C=C\CC. The molecule has 0 spiro atoms. The van der Waals surface area contributed by atoms with E-state index in [2.05, 4.69) is 111 Å². The molecule has 0 radical (unpaired) electrons. The third-order valence-corrected chi connectivity index (χ3v) is 10.4. The lowest BCUT2D eigenvalue weighted by atomic mass is 10.0. The molecule has 1 atom stereocenters. The first kappa shape index (κ1) is 56.8. The lowest BCUT2D eigenvalue weighted by Gasteiger charge is -2.15. The van der Waals surface area contributed by atoms with Gasteiger partial charge in [0.05, 0.1) is 6.61 Å². The molecule has 0 rings (SSSR count). The second kappa shape index (κ2) is 50.2. The van der Waals surface area contributed by atoms with Gasteiger partial charge in [-0.05, 0) is 89.9 Å². The molecule has 0 aliphatic rings. The van der Waals surface area contributed by atoms with Gasteiger partial charge in [0.25, 0.3) is 0 Å². The molecule has 0 fully saturated rings. The van der Waals surface area contributed by atoms with Crippen molar-refractivity contribution in [3.8, 4) is 0 Å². The van der Waals surface area contributed by atoms with Gasteiger partial charge in [0, 0.05) is 12.8 Å². The fraction of sp³-hybridized carbons (Fsp3) is 0.673. The molecule has 0 saturated heterocycles. The fourth-order valence-corrected chi connectivity index (χ4v) is 6.71. The summed E-state index contributed by atoms with van der Waals surface area (Å²) >= 11 is 0. The molecule has 0 bridgehead atoms. The van der Waals surface area contributed by atoms with Crippen LogP contribution in [0.1, 0.15) is 219 Å². The van der Waals surface area contributed by atoms with Gasteiger partial charge in [-0.25, -0.2) is 0 Å². The van der Waals surface area contributed by atoms with Crippen molar-refractivity contribution in [3.63, 3.8) is 0 Å². The van der Waals surface area contributed by atoms with Crippen LogP contribution >= 0.6 is 0 Å². The van der Waals surface area contributed by atoms with Crippen molar-refractivity contribution < 1.29 is 24.2 Å². The Morgan fingerprint density at radius 3 is 1.00 bits per heavy atom. The van der Waals surface area contributed by atoms with Crippen LogP contribution < -0.4 is 0 Å². The van der Waals surface area contributed by atoms with Crippen LogP contribution in [-0.2, 0) is 19.1 Å². The van der Waals surface area contributed by atoms with Crippen LogP contribution in [-0.4, -0.2) is 36.4 Å². The smallest absolute Gasteiger partial charge is 0.306 e. The van der Waals surface area contributed by atoms with E-state index < -0.39 is 6.10 Å². The van der Waals surface area contributed by atoms with Gasteiger partial charge >= 0.3 is 11.9 Å². The summed E-state index contributed by atoms with van der Waals surface area (Å²) in [5.41, 5.74) is 0. The van der Waals surface area contributed by atoms with Crippen LogP contribution in [0, 0.1) is 0 Å². The molecular formula is C55H92O5. The largest absolute Gasteiger partial charge is 0.462 e. The van der Waals surface area contributed by atoms with Crippen LogP contribution in [0.5, 0.6) is 0 Å². The normalized spacial score (nSPS) is 13.1. The number of rotatable bonds is 44. The van der Waals surface area contributed by atoms with Gasteiger partial charge in [0.2, 0.25) is 0 Å². The quantitative estimate of drug-likeness (QED) is 0.0376. The van der Waals surface area contributed by atoms with E-state index in [1.807, 2.05) is 0 Å². The average Bonchev–Trinajstić information content (AvgIpc) is 3.25. The van der Waals surface area contributed by atoms with Crippen LogP contribution in [0.3, 0.4) is 0 Å². The van der Waals surface area contributed by atoms with Crippen molar-refractivity contribution in [1.29, 1.82) is 0 Å². The number of allylic oxidation sites excluding steroid dienone is 16. The van der Waals surface area contributed by atoms with E-state index in [4.69, 9.17) is 9.47 Å². The zero-order valence-electron chi connectivity index (χ0n) is 38.9. The van der Waals surface area contributed by atoms with Crippen LogP contribution in [0.2, 0.25) is 0 Å². The monoisotopic (exact) mass is 833 g/mol. The molecule has 5 nitrogen and oxygen atoms in total. The van der Waals surface area contributed by atoms with Crippen LogP contribution in [0.15, 0.2) is 97.2 Å². The average molecular weight is 833 g/mol. The predicted molar refractivity (Wildman–Crippen MR) is 260 cm³/mol. The molecular weight excluding hydrogens is 741 g/mol. The molecule has 0 saturated carbocycles. The Morgan fingerprint density at radius 2 is 0.667 bits per heavy atom. The first-order valence-electron chi connectivity index (χ1n) is 24.8. The van der Waals surface area contributed by atoms with Gasteiger partial charge < -0.3 is 14.6 Å². The predicted octanol–water partition coefficient (Wildman–Crippen LogP) is 16.4. The number of hydrogen-bond acceptors (Lipinski definition) is 5. The third-order valence-electron chi connectivity index (χ3n) is 10.4. The minimum absolute atomic E-state index is 0.0755. The van der Waals surface area contributed by atoms with Gasteiger partial charge in [-0.1, -0.05) is 214 Å². The van der Waals surface area contributed by atoms with Gasteiger partial charge in [-0.2, -0.15) is 0 Å². The number of aliphatic hydroxyl groups excluding tert-OH is 1. The summed E-state index contributed by atoms with van der Waals surface area (Å²) in [6.45, 7) is 3.91. The van der Waals surface area contributed by atoms with Crippen LogP contribution in [0.4, 0.5) is 0 Å². The van der Waals surface area contributed by atoms with Crippen molar-refractivity contribution in [3.05, 3.63) is 97.2 Å². The Bertz CT molecular complexity index is 1170. The van der Waals surface area contributed by atoms with E-state index in [1.54, 1.807) is 0 Å². The molecule has 1 unspecified atom stereocenters. The second-order valence-electron chi connectivity index (χ2n) is 16.1. The lowest BCUT2D eigenvalue weighted by molar-refractivity contribution is -0.161.